The molecule has 0 spiro atoms. The van der Waals surface area contributed by atoms with E-state index in [0.717, 1.165) is 12.8 Å². The second-order valence-corrected chi connectivity index (χ2v) is 7.10. The summed E-state index contributed by atoms with van der Waals surface area (Å²) in [7, 11) is 0. The Balaban J connectivity index is 1.88. The number of fused-ring (bicyclic) bond motifs is 1. The third kappa shape index (κ3) is 3.92. The van der Waals surface area contributed by atoms with Crippen LogP contribution in [0.25, 0.3) is 10.9 Å². The van der Waals surface area contributed by atoms with Gasteiger partial charge in [-0.1, -0.05) is 60.4 Å². The van der Waals surface area contributed by atoms with Crippen LogP contribution in [0.4, 0.5) is 13.2 Å². The van der Waals surface area contributed by atoms with Crippen LogP contribution in [0.1, 0.15) is 24.0 Å². The Bertz CT molecular complexity index is 1140. The molecule has 29 heavy (non-hydrogen) atoms. The van der Waals surface area contributed by atoms with Gasteiger partial charge in [-0.3, -0.25) is 4.79 Å². The third-order valence-corrected chi connectivity index (χ3v) is 4.86. The summed E-state index contributed by atoms with van der Waals surface area (Å²) in [4.78, 5) is 15.2. The molecule has 1 heterocycles. The predicted molar refractivity (Wildman–Crippen MR) is 104 cm³/mol. The molecule has 1 aromatic heterocycles. The van der Waals surface area contributed by atoms with Gasteiger partial charge < -0.3 is 9.72 Å². The summed E-state index contributed by atoms with van der Waals surface area (Å²) in [5.74, 6) is 4.89. The van der Waals surface area contributed by atoms with Gasteiger partial charge in [-0.2, -0.15) is 13.2 Å². The number of ether oxygens (including phenoxy) is 1. The van der Waals surface area contributed by atoms with Crippen LogP contribution in [0.3, 0.4) is 0 Å². The summed E-state index contributed by atoms with van der Waals surface area (Å²) in [5.41, 5.74) is -3.41. The van der Waals surface area contributed by atoms with E-state index in [9.17, 15) is 18.0 Å². The van der Waals surface area contributed by atoms with E-state index in [0.29, 0.717) is 16.5 Å². The molecular weight excluding hydrogens is 379 g/mol. The Morgan fingerprint density at radius 2 is 1.72 bits per heavy atom. The molecular formula is C23H18F3NO2. The number of hydrogen-bond acceptors (Lipinski definition) is 2. The van der Waals surface area contributed by atoms with Crippen LogP contribution in [0.15, 0.2) is 65.5 Å². The molecule has 1 fully saturated rings. The van der Waals surface area contributed by atoms with E-state index >= 15 is 0 Å². The highest BCUT2D eigenvalue weighted by Gasteiger charge is 2.58. The quantitative estimate of drug-likeness (QED) is 0.636. The summed E-state index contributed by atoms with van der Waals surface area (Å²) in [6.45, 7) is -0.327. The van der Waals surface area contributed by atoms with Gasteiger partial charge in [0.1, 0.15) is 0 Å². The van der Waals surface area contributed by atoms with Crippen molar-refractivity contribution in [2.75, 3.05) is 0 Å². The topological polar surface area (TPSA) is 42.1 Å². The average molecular weight is 397 g/mol. The van der Waals surface area contributed by atoms with E-state index in [-0.39, 0.29) is 12.5 Å². The number of halogens is 3. The molecule has 0 radical (unpaired) electrons. The largest absolute Gasteiger partial charge is 0.433 e. The maximum atomic E-state index is 14.4. The number of benzene rings is 2. The fraction of sp³-hybridized carbons (Fsp3) is 0.261. The lowest BCUT2D eigenvalue weighted by Gasteiger charge is -2.31. The Labute approximate surface area is 165 Å². The zero-order valence-electron chi connectivity index (χ0n) is 15.4. The van der Waals surface area contributed by atoms with Gasteiger partial charge in [-0.15, -0.1) is 0 Å². The Morgan fingerprint density at radius 3 is 2.41 bits per heavy atom. The van der Waals surface area contributed by atoms with Crippen LogP contribution in [-0.4, -0.2) is 11.2 Å². The molecule has 2 aromatic carbocycles. The van der Waals surface area contributed by atoms with Crippen molar-refractivity contribution in [1.82, 2.24) is 4.98 Å². The van der Waals surface area contributed by atoms with Gasteiger partial charge in [0.2, 0.25) is 0 Å². The van der Waals surface area contributed by atoms with Crippen LogP contribution in [-0.2, 0) is 16.9 Å². The molecule has 1 unspecified atom stereocenters. The molecule has 6 heteroatoms. The minimum absolute atomic E-state index is 0.0865. The molecule has 3 nitrogen and oxygen atoms in total. The van der Waals surface area contributed by atoms with E-state index < -0.39 is 22.9 Å². The summed E-state index contributed by atoms with van der Waals surface area (Å²) in [5, 5.41) is 0.479. The van der Waals surface area contributed by atoms with E-state index in [1.54, 1.807) is 54.6 Å². The highest BCUT2D eigenvalue weighted by atomic mass is 19.4. The summed E-state index contributed by atoms with van der Waals surface area (Å²) < 4.78 is 48.8. The van der Waals surface area contributed by atoms with Crippen LogP contribution >= 0.6 is 0 Å². The molecule has 148 valence electrons. The molecule has 0 aliphatic heterocycles. The smallest absolute Gasteiger partial charge is 0.345 e. The van der Waals surface area contributed by atoms with Crippen molar-refractivity contribution in [3.63, 3.8) is 0 Å². The number of rotatable bonds is 4. The maximum absolute atomic E-state index is 14.4. The van der Waals surface area contributed by atoms with Crippen LogP contribution < -0.4 is 5.56 Å². The molecule has 0 bridgehead atoms. The van der Waals surface area contributed by atoms with Crippen molar-refractivity contribution >= 4 is 10.9 Å². The monoisotopic (exact) mass is 397 g/mol. The normalized spacial score (nSPS) is 16.1. The van der Waals surface area contributed by atoms with E-state index in [1.807, 2.05) is 0 Å². The van der Waals surface area contributed by atoms with Gasteiger partial charge in [0.05, 0.1) is 12.2 Å². The third-order valence-electron chi connectivity index (χ3n) is 4.86. The fourth-order valence-corrected chi connectivity index (χ4v) is 3.09. The van der Waals surface area contributed by atoms with Gasteiger partial charge in [0, 0.05) is 11.4 Å². The molecule has 1 atom stereocenters. The first kappa shape index (κ1) is 19.3. The molecule has 0 amide bonds. The Hall–Kier alpha value is -3.04. The number of aromatic nitrogens is 1. The fourth-order valence-electron chi connectivity index (χ4n) is 3.09. The number of para-hydroxylation sites is 1. The van der Waals surface area contributed by atoms with Crippen molar-refractivity contribution < 1.29 is 17.9 Å². The number of pyridine rings is 1. The lowest BCUT2D eigenvalue weighted by atomic mass is 9.92. The molecule has 1 aliphatic carbocycles. The van der Waals surface area contributed by atoms with Crippen LogP contribution in [0.2, 0.25) is 0 Å². The highest BCUT2D eigenvalue weighted by Crippen LogP contribution is 2.42. The number of aromatic amines is 1. The van der Waals surface area contributed by atoms with Crippen LogP contribution in [0, 0.1) is 17.8 Å². The maximum Gasteiger partial charge on any atom is 0.433 e. The highest BCUT2D eigenvalue weighted by molar-refractivity contribution is 5.79. The first-order chi connectivity index (χ1) is 13.9. The summed E-state index contributed by atoms with van der Waals surface area (Å²) >= 11 is 0. The molecule has 3 aromatic rings. The van der Waals surface area contributed by atoms with Gasteiger partial charge in [-0.05, 0) is 35.9 Å². The number of hydrogen-bond donors (Lipinski definition) is 1. The van der Waals surface area contributed by atoms with Gasteiger partial charge >= 0.3 is 6.18 Å². The van der Waals surface area contributed by atoms with Crippen LogP contribution in [0.5, 0.6) is 0 Å². The van der Waals surface area contributed by atoms with E-state index in [2.05, 4.69) is 16.8 Å². The predicted octanol–water partition coefficient (Wildman–Crippen LogP) is 4.92. The summed E-state index contributed by atoms with van der Waals surface area (Å²) in [6, 6.07) is 16.4. The number of alkyl halides is 3. The van der Waals surface area contributed by atoms with Crippen molar-refractivity contribution in [1.29, 1.82) is 0 Å². The average Bonchev–Trinajstić information content (AvgIpc) is 3.52. The van der Waals surface area contributed by atoms with E-state index in [1.165, 1.54) is 6.07 Å². The van der Waals surface area contributed by atoms with Crippen molar-refractivity contribution in [3.8, 4) is 11.8 Å². The number of nitrogens with one attached hydrogen (secondary N) is 1. The van der Waals surface area contributed by atoms with Crippen molar-refractivity contribution in [3.05, 3.63) is 82.1 Å². The minimum atomic E-state index is -4.90. The lowest BCUT2D eigenvalue weighted by molar-refractivity contribution is -0.263. The molecule has 0 saturated heterocycles. The van der Waals surface area contributed by atoms with Gasteiger partial charge in [0.25, 0.3) is 11.2 Å². The standard InChI is InChI=1S/C23H18F3NO2/c24-23(25,26)22(13-12-16-10-11-16,29-15-17-6-2-1-3-7-17)19-14-18-8-4-5-9-20(18)27-21(19)28/h1-9,14,16H,10-11,15H2,(H,27,28). The molecule has 1 N–H and O–H groups in total. The summed E-state index contributed by atoms with van der Waals surface area (Å²) in [6.07, 6.45) is -3.39. The first-order valence-corrected chi connectivity index (χ1v) is 9.29. The van der Waals surface area contributed by atoms with Gasteiger partial charge in [-0.25, -0.2) is 0 Å². The molecule has 1 saturated carbocycles. The zero-order chi connectivity index (χ0) is 20.5. The SMILES string of the molecule is O=c1[nH]c2ccccc2cc1C(C#CC1CC1)(OCc1ccccc1)C(F)(F)F. The second-order valence-electron chi connectivity index (χ2n) is 7.10. The molecule has 4 rings (SSSR count). The lowest BCUT2D eigenvalue weighted by Crippen LogP contribution is -2.47. The van der Waals surface area contributed by atoms with Crippen molar-refractivity contribution in [2.45, 2.75) is 31.2 Å². The first-order valence-electron chi connectivity index (χ1n) is 9.29. The minimum Gasteiger partial charge on any atom is -0.345 e. The number of H-pyrrole nitrogens is 1. The second kappa shape index (κ2) is 7.41. The van der Waals surface area contributed by atoms with Gasteiger partial charge in [0.15, 0.2) is 0 Å². The Morgan fingerprint density at radius 1 is 1.03 bits per heavy atom. The zero-order valence-corrected chi connectivity index (χ0v) is 15.4. The molecule has 1 aliphatic rings. The Kier molecular flexibility index (Phi) is 4.93. The van der Waals surface area contributed by atoms with Crippen molar-refractivity contribution in [2.24, 2.45) is 5.92 Å². The van der Waals surface area contributed by atoms with E-state index in [4.69, 9.17) is 4.74 Å².